The molecule has 0 radical (unpaired) electrons. The second-order valence-corrected chi connectivity index (χ2v) is 5.73. The Labute approximate surface area is 115 Å². The van der Waals surface area contributed by atoms with Crippen LogP contribution in [0, 0.1) is 23.2 Å². The summed E-state index contributed by atoms with van der Waals surface area (Å²) in [4.78, 5) is 0. The predicted molar refractivity (Wildman–Crippen MR) is 79.8 cm³/mol. The molecule has 1 aromatic carbocycles. The predicted octanol–water partition coefficient (Wildman–Crippen LogP) is 3.77. The van der Waals surface area contributed by atoms with Gasteiger partial charge in [0.1, 0.15) is 6.07 Å². The second-order valence-electron chi connectivity index (χ2n) is 5.73. The molecule has 0 saturated heterocycles. The summed E-state index contributed by atoms with van der Waals surface area (Å²) in [6.45, 7) is 3.30. The van der Waals surface area contributed by atoms with Gasteiger partial charge >= 0.3 is 0 Å². The molecule has 0 bridgehead atoms. The minimum absolute atomic E-state index is 0.552. The van der Waals surface area contributed by atoms with Crippen molar-refractivity contribution in [2.24, 2.45) is 11.8 Å². The van der Waals surface area contributed by atoms with Crippen LogP contribution in [0.3, 0.4) is 0 Å². The summed E-state index contributed by atoms with van der Waals surface area (Å²) in [5, 5.41) is 12.3. The van der Waals surface area contributed by atoms with Gasteiger partial charge in [0.25, 0.3) is 0 Å². The summed E-state index contributed by atoms with van der Waals surface area (Å²) in [5.41, 5.74) is 7.97. The van der Waals surface area contributed by atoms with Gasteiger partial charge in [0.2, 0.25) is 0 Å². The van der Waals surface area contributed by atoms with E-state index in [2.05, 4.69) is 18.3 Å². The molecule has 3 nitrogen and oxygen atoms in total. The van der Waals surface area contributed by atoms with Crippen molar-refractivity contribution in [2.45, 2.75) is 39.0 Å². The van der Waals surface area contributed by atoms with Crippen LogP contribution in [0.15, 0.2) is 18.2 Å². The first-order valence-electron chi connectivity index (χ1n) is 7.23. The van der Waals surface area contributed by atoms with E-state index in [1.165, 1.54) is 32.1 Å². The molecule has 102 valence electrons. The molecule has 3 N–H and O–H groups in total. The standard InChI is InChI=1S/C16H23N3/c1-12-4-2-5-13(10-12)8-9-19-15-7-3-6-14(11-17)16(15)18/h3,6-7,12-13,19H,2,4-5,8-10,18H2,1H3. The van der Waals surface area contributed by atoms with Crippen molar-refractivity contribution in [3.63, 3.8) is 0 Å². The molecule has 3 heteroatoms. The minimum Gasteiger partial charge on any atom is -0.396 e. The fraction of sp³-hybridized carbons (Fsp3) is 0.562. The van der Waals surface area contributed by atoms with Crippen LogP contribution >= 0.6 is 0 Å². The van der Waals surface area contributed by atoms with E-state index in [9.17, 15) is 0 Å². The van der Waals surface area contributed by atoms with Crippen molar-refractivity contribution in [2.75, 3.05) is 17.6 Å². The second kappa shape index (κ2) is 6.47. The Hall–Kier alpha value is -1.69. The molecule has 2 atom stereocenters. The van der Waals surface area contributed by atoms with Gasteiger partial charge in [-0.05, 0) is 36.8 Å². The van der Waals surface area contributed by atoms with E-state index in [0.717, 1.165) is 24.1 Å². The summed E-state index contributed by atoms with van der Waals surface area (Å²) in [6, 6.07) is 7.69. The summed E-state index contributed by atoms with van der Waals surface area (Å²) in [5.74, 6) is 1.72. The smallest absolute Gasteiger partial charge is 0.101 e. The van der Waals surface area contributed by atoms with Gasteiger partial charge < -0.3 is 11.1 Å². The summed E-state index contributed by atoms with van der Waals surface area (Å²) in [6.07, 6.45) is 6.68. The number of nitrogens with zero attached hydrogens (tertiary/aromatic N) is 1. The van der Waals surface area contributed by atoms with Crippen LogP contribution in [-0.4, -0.2) is 6.54 Å². The van der Waals surface area contributed by atoms with E-state index in [0.29, 0.717) is 11.3 Å². The lowest BCUT2D eigenvalue weighted by Crippen LogP contribution is -2.17. The average molecular weight is 257 g/mol. The maximum Gasteiger partial charge on any atom is 0.101 e. The van der Waals surface area contributed by atoms with Gasteiger partial charge in [-0.1, -0.05) is 32.3 Å². The third kappa shape index (κ3) is 3.64. The van der Waals surface area contributed by atoms with Gasteiger partial charge in [-0.3, -0.25) is 0 Å². The Balaban J connectivity index is 1.84. The van der Waals surface area contributed by atoms with Crippen molar-refractivity contribution in [1.82, 2.24) is 0 Å². The highest BCUT2D eigenvalue weighted by Crippen LogP contribution is 2.31. The SMILES string of the molecule is CC1CCCC(CCNc2cccc(C#N)c2N)C1. The lowest BCUT2D eigenvalue weighted by atomic mass is 9.81. The Bertz CT molecular complexity index is 462. The third-order valence-corrected chi connectivity index (χ3v) is 4.14. The minimum atomic E-state index is 0.552. The van der Waals surface area contributed by atoms with Crippen LogP contribution in [0.5, 0.6) is 0 Å². The number of para-hydroxylation sites is 1. The fourth-order valence-corrected chi connectivity index (χ4v) is 3.05. The van der Waals surface area contributed by atoms with Gasteiger partial charge in [-0.15, -0.1) is 0 Å². The van der Waals surface area contributed by atoms with Crippen molar-refractivity contribution in [3.8, 4) is 6.07 Å². The molecule has 1 fully saturated rings. The number of rotatable bonds is 4. The Morgan fingerprint density at radius 1 is 1.42 bits per heavy atom. The van der Waals surface area contributed by atoms with Crippen LogP contribution in [0.4, 0.5) is 11.4 Å². The maximum atomic E-state index is 8.94. The van der Waals surface area contributed by atoms with Crippen molar-refractivity contribution in [3.05, 3.63) is 23.8 Å². The molecular weight excluding hydrogens is 234 g/mol. The monoisotopic (exact) mass is 257 g/mol. The third-order valence-electron chi connectivity index (χ3n) is 4.14. The highest BCUT2D eigenvalue weighted by atomic mass is 14.9. The zero-order chi connectivity index (χ0) is 13.7. The van der Waals surface area contributed by atoms with E-state index in [1.807, 2.05) is 12.1 Å². The number of nitrogens with two attached hydrogens (primary N) is 1. The topological polar surface area (TPSA) is 61.8 Å². The molecule has 0 heterocycles. The number of nitrogens with one attached hydrogen (secondary N) is 1. The molecule has 0 aliphatic heterocycles. The first kappa shape index (κ1) is 13.7. The molecule has 1 saturated carbocycles. The lowest BCUT2D eigenvalue weighted by Gasteiger charge is -2.26. The highest BCUT2D eigenvalue weighted by Gasteiger charge is 2.18. The number of hydrogen-bond acceptors (Lipinski definition) is 3. The summed E-state index contributed by atoms with van der Waals surface area (Å²) >= 11 is 0. The number of nitriles is 1. The first-order chi connectivity index (χ1) is 9.20. The van der Waals surface area contributed by atoms with E-state index in [-0.39, 0.29) is 0 Å². The molecule has 1 aromatic rings. The Morgan fingerprint density at radius 2 is 2.26 bits per heavy atom. The molecule has 0 aromatic heterocycles. The van der Waals surface area contributed by atoms with Gasteiger partial charge in [0.05, 0.1) is 16.9 Å². The molecular formula is C16H23N3. The van der Waals surface area contributed by atoms with E-state index >= 15 is 0 Å². The van der Waals surface area contributed by atoms with E-state index in [4.69, 9.17) is 11.0 Å². The number of anilines is 2. The van der Waals surface area contributed by atoms with Crippen LogP contribution in [0.25, 0.3) is 0 Å². The van der Waals surface area contributed by atoms with Crippen LogP contribution in [0.1, 0.15) is 44.6 Å². The van der Waals surface area contributed by atoms with E-state index in [1.54, 1.807) is 6.07 Å². The van der Waals surface area contributed by atoms with Crippen molar-refractivity contribution >= 4 is 11.4 Å². The van der Waals surface area contributed by atoms with Gasteiger partial charge in [-0.2, -0.15) is 5.26 Å². The van der Waals surface area contributed by atoms with Crippen LogP contribution in [-0.2, 0) is 0 Å². The molecule has 19 heavy (non-hydrogen) atoms. The van der Waals surface area contributed by atoms with Crippen molar-refractivity contribution in [1.29, 1.82) is 5.26 Å². The molecule has 1 aliphatic rings. The zero-order valence-corrected chi connectivity index (χ0v) is 11.7. The van der Waals surface area contributed by atoms with Gasteiger partial charge in [-0.25, -0.2) is 0 Å². The Morgan fingerprint density at radius 3 is 3.00 bits per heavy atom. The normalized spacial score (nSPS) is 22.7. The number of benzene rings is 1. The van der Waals surface area contributed by atoms with Gasteiger partial charge in [0, 0.05) is 6.54 Å². The molecule has 0 amide bonds. The number of hydrogen-bond donors (Lipinski definition) is 2. The largest absolute Gasteiger partial charge is 0.396 e. The highest BCUT2D eigenvalue weighted by molar-refractivity contribution is 5.72. The fourth-order valence-electron chi connectivity index (χ4n) is 3.05. The Kier molecular flexibility index (Phi) is 4.68. The number of nitrogen functional groups attached to an aromatic ring is 1. The lowest BCUT2D eigenvalue weighted by molar-refractivity contribution is 0.274. The van der Waals surface area contributed by atoms with Crippen LogP contribution in [0.2, 0.25) is 0 Å². The van der Waals surface area contributed by atoms with Crippen LogP contribution < -0.4 is 11.1 Å². The summed E-state index contributed by atoms with van der Waals surface area (Å²) < 4.78 is 0. The average Bonchev–Trinajstić information content (AvgIpc) is 2.41. The van der Waals surface area contributed by atoms with E-state index < -0.39 is 0 Å². The first-order valence-corrected chi connectivity index (χ1v) is 7.23. The van der Waals surface area contributed by atoms with Crippen molar-refractivity contribution < 1.29 is 0 Å². The maximum absolute atomic E-state index is 8.94. The summed E-state index contributed by atoms with van der Waals surface area (Å²) in [7, 11) is 0. The molecule has 1 aliphatic carbocycles. The zero-order valence-electron chi connectivity index (χ0n) is 11.7. The quantitative estimate of drug-likeness (QED) is 0.807. The van der Waals surface area contributed by atoms with Gasteiger partial charge in [0.15, 0.2) is 0 Å². The molecule has 0 spiro atoms. The molecule has 2 unspecified atom stereocenters. The molecule has 2 rings (SSSR count).